The summed E-state index contributed by atoms with van der Waals surface area (Å²) >= 11 is 6.03. The van der Waals surface area contributed by atoms with Crippen LogP contribution in [-0.4, -0.2) is 35.0 Å². The van der Waals surface area contributed by atoms with Crippen molar-refractivity contribution < 1.29 is 14.3 Å². The number of carbonyl (C=O) groups excluding carboxylic acids is 1. The summed E-state index contributed by atoms with van der Waals surface area (Å²) in [6.07, 6.45) is 1.44. The minimum absolute atomic E-state index is 0.424. The molecule has 142 valence electrons. The number of hydrogen-bond acceptors (Lipinski definition) is 6. The average Bonchev–Trinajstić information content (AvgIpc) is 3.21. The van der Waals surface area contributed by atoms with Gasteiger partial charge in [0, 0.05) is 5.02 Å². The first-order valence-electron chi connectivity index (χ1n) is 8.51. The number of ether oxygens (including phenoxy) is 2. The molecule has 3 aromatic rings. The number of nitrogens with one attached hydrogen (secondary N) is 1. The van der Waals surface area contributed by atoms with Crippen LogP contribution in [0.3, 0.4) is 0 Å². The third-order valence-corrected chi connectivity index (χ3v) is 4.82. The van der Waals surface area contributed by atoms with Crippen molar-refractivity contribution in [2.24, 2.45) is 0 Å². The highest BCUT2D eigenvalue weighted by Gasteiger charge is 2.35. The largest absolute Gasteiger partial charge is 0.497 e. The fourth-order valence-electron chi connectivity index (χ4n) is 3.23. The van der Waals surface area contributed by atoms with Gasteiger partial charge in [0.05, 0.1) is 25.5 Å². The maximum atomic E-state index is 12.8. The third kappa shape index (κ3) is 3.10. The first-order valence-corrected chi connectivity index (χ1v) is 8.89. The van der Waals surface area contributed by atoms with Crippen molar-refractivity contribution in [3.8, 4) is 5.75 Å². The van der Waals surface area contributed by atoms with Gasteiger partial charge < -0.3 is 14.8 Å². The minimum atomic E-state index is -0.511. The average molecular weight is 397 g/mol. The minimum Gasteiger partial charge on any atom is -0.497 e. The second-order valence-electron chi connectivity index (χ2n) is 6.12. The molecule has 1 aromatic heterocycles. The van der Waals surface area contributed by atoms with Gasteiger partial charge in [-0.2, -0.15) is 10.1 Å². The van der Waals surface area contributed by atoms with Crippen LogP contribution < -0.4 is 10.1 Å². The van der Waals surface area contributed by atoms with Crippen LogP contribution in [0.5, 0.6) is 5.75 Å². The lowest BCUT2D eigenvalue weighted by molar-refractivity contribution is -0.136. The Kier molecular flexibility index (Phi) is 4.75. The summed E-state index contributed by atoms with van der Waals surface area (Å²) in [7, 11) is 2.96. The van der Waals surface area contributed by atoms with Crippen molar-refractivity contribution in [3.63, 3.8) is 0 Å². The smallest absolute Gasteiger partial charge is 0.338 e. The van der Waals surface area contributed by atoms with Crippen molar-refractivity contribution >= 4 is 29.2 Å². The normalized spacial score (nSPS) is 15.6. The van der Waals surface area contributed by atoms with Crippen LogP contribution in [0.1, 0.15) is 17.2 Å². The van der Waals surface area contributed by atoms with Crippen LogP contribution in [0.4, 0.5) is 5.95 Å². The number of benzene rings is 2. The molecule has 0 bridgehead atoms. The molecule has 1 atom stereocenters. The fraction of sp³-hybridized carbons (Fsp3) is 0.150. The molecule has 2 aromatic carbocycles. The van der Waals surface area contributed by atoms with Crippen molar-refractivity contribution in [1.29, 1.82) is 0 Å². The molecular weight excluding hydrogens is 380 g/mol. The summed E-state index contributed by atoms with van der Waals surface area (Å²) in [4.78, 5) is 17.1. The number of methoxy groups -OCH3 is 2. The molecule has 0 amide bonds. The molecule has 0 saturated carbocycles. The number of hydrogen-bond donors (Lipinski definition) is 1. The van der Waals surface area contributed by atoms with Gasteiger partial charge in [0.15, 0.2) is 0 Å². The SMILES string of the molecule is COC(=O)C1=C(c2ccc(Cl)cc2)Nc2ncnn2[C@H]1c1ccc(OC)cc1. The molecule has 1 aliphatic rings. The predicted octanol–water partition coefficient (Wildman–Crippen LogP) is 3.54. The molecule has 0 aliphatic carbocycles. The van der Waals surface area contributed by atoms with Gasteiger partial charge in [0.25, 0.3) is 0 Å². The van der Waals surface area contributed by atoms with E-state index in [2.05, 4.69) is 15.4 Å². The molecule has 0 saturated heterocycles. The lowest BCUT2D eigenvalue weighted by Gasteiger charge is -2.29. The Balaban J connectivity index is 1.93. The summed E-state index contributed by atoms with van der Waals surface area (Å²) < 4.78 is 12.0. The van der Waals surface area contributed by atoms with Crippen LogP contribution in [0.25, 0.3) is 5.70 Å². The van der Waals surface area contributed by atoms with Gasteiger partial charge >= 0.3 is 5.97 Å². The molecule has 0 radical (unpaired) electrons. The monoisotopic (exact) mass is 396 g/mol. The van der Waals surface area contributed by atoms with E-state index in [0.717, 1.165) is 16.9 Å². The van der Waals surface area contributed by atoms with Crippen molar-refractivity contribution in [1.82, 2.24) is 14.8 Å². The van der Waals surface area contributed by atoms with E-state index in [4.69, 9.17) is 21.1 Å². The number of carbonyl (C=O) groups is 1. The highest BCUT2D eigenvalue weighted by molar-refractivity contribution is 6.30. The van der Waals surface area contributed by atoms with E-state index in [-0.39, 0.29) is 0 Å². The Bertz CT molecular complexity index is 1040. The number of anilines is 1. The van der Waals surface area contributed by atoms with Crippen molar-refractivity contribution in [3.05, 3.63) is 76.6 Å². The van der Waals surface area contributed by atoms with Crippen LogP contribution >= 0.6 is 11.6 Å². The Morgan fingerprint density at radius 2 is 1.82 bits per heavy atom. The van der Waals surface area contributed by atoms with Crippen LogP contribution in [-0.2, 0) is 9.53 Å². The van der Waals surface area contributed by atoms with Gasteiger partial charge in [0.1, 0.15) is 18.1 Å². The maximum Gasteiger partial charge on any atom is 0.338 e. The number of aromatic nitrogens is 3. The molecule has 28 heavy (non-hydrogen) atoms. The zero-order valence-electron chi connectivity index (χ0n) is 15.2. The molecule has 1 aliphatic heterocycles. The molecule has 7 nitrogen and oxygen atoms in total. The van der Waals surface area contributed by atoms with E-state index in [1.807, 2.05) is 36.4 Å². The first kappa shape index (κ1) is 18.1. The van der Waals surface area contributed by atoms with Crippen LogP contribution in [0.2, 0.25) is 5.02 Å². The summed E-state index contributed by atoms with van der Waals surface area (Å²) in [5.41, 5.74) is 2.66. The van der Waals surface area contributed by atoms with Crippen molar-refractivity contribution in [2.45, 2.75) is 6.04 Å². The topological polar surface area (TPSA) is 78.3 Å². The number of fused-ring (bicyclic) bond motifs is 1. The second kappa shape index (κ2) is 7.36. The summed E-state index contributed by atoms with van der Waals surface area (Å²) in [5, 5.41) is 8.12. The van der Waals surface area contributed by atoms with E-state index in [1.165, 1.54) is 13.4 Å². The quantitative estimate of drug-likeness (QED) is 0.679. The number of esters is 1. The van der Waals surface area contributed by atoms with Gasteiger partial charge in [-0.25, -0.2) is 9.48 Å². The molecule has 4 rings (SSSR count). The van der Waals surface area contributed by atoms with Gasteiger partial charge in [-0.3, -0.25) is 0 Å². The lowest BCUT2D eigenvalue weighted by Crippen LogP contribution is -2.29. The molecular formula is C20H17ClN4O3. The highest BCUT2D eigenvalue weighted by atomic mass is 35.5. The third-order valence-electron chi connectivity index (χ3n) is 4.57. The summed E-state index contributed by atoms with van der Waals surface area (Å²) in [6.45, 7) is 0. The molecule has 0 unspecified atom stereocenters. The zero-order chi connectivity index (χ0) is 19.7. The van der Waals surface area contributed by atoms with E-state index >= 15 is 0 Å². The van der Waals surface area contributed by atoms with Crippen molar-refractivity contribution in [2.75, 3.05) is 19.5 Å². The number of halogens is 1. The number of rotatable bonds is 4. The molecule has 0 fully saturated rings. The van der Waals surface area contributed by atoms with Gasteiger partial charge in [-0.1, -0.05) is 35.9 Å². The predicted molar refractivity (Wildman–Crippen MR) is 105 cm³/mol. The van der Waals surface area contributed by atoms with Gasteiger partial charge in [-0.05, 0) is 35.4 Å². The maximum absolute atomic E-state index is 12.8. The number of nitrogens with zero attached hydrogens (tertiary/aromatic N) is 3. The highest BCUT2D eigenvalue weighted by Crippen LogP contribution is 2.39. The van der Waals surface area contributed by atoms with E-state index < -0.39 is 12.0 Å². The second-order valence-corrected chi connectivity index (χ2v) is 6.55. The van der Waals surface area contributed by atoms with Gasteiger partial charge in [0.2, 0.25) is 5.95 Å². The standard InChI is InChI=1S/C20H17ClN4O3/c1-27-15-9-5-13(6-10-15)18-16(19(26)28-2)17(12-3-7-14(21)8-4-12)24-20-22-11-23-25(18)20/h3-11,18H,1-2H3,(H,22,23,24)/t18-/m0/s1. The van der Waals surface area contributed by atoms with Crippen LogP contribution in [0.15, 0.2) is 60.4 Å². The van der Waals surface area contributed by atoms with E-state index in [1.54, 1.807) is 23.9 Å². The Hall–Kier alpha value is -3.32. The fourth-order valence-corrected chi connectivity index (χ4v) is 3.35. The van der Waals surface area contributed by atoms with Crippen LogP contribution in [0, 0.1) is 0 Å². The lowest BCUT2D eigenvalue weighted by atomic mass is 9.93. The molecule has 8 heteroatoms. The summed E-state index contributed by atoms with van der Waals surface area (Å²) in [5.74, 6) is 0.788. The van der Waals surface area contributed by atoms with Gasteiger partial charge in [-0.15, -0.1) is 0 Å². The Morgan fingerprint density at radius 3 is 2.46 bits per heavy atom. The first-order chi connectivity index (χ1) is 13.6. The molecule has 2 heterocycles. The van der Waals surface area contributed by atoms with E-state index in [0.29, 0.717) is 22.2 Å². The summed E-state index contributed by atoms with van der Waals surface area (Å²) in [6, 6.07) is 14.2. The zero-order valence-corrected chi connectivity index (χ0v) is 16.0. The Labute approximate surface area is 166 Å². The molecule has 1 N–H and O–H groups in total. The Morgan fingerprint density at radius 1 is 1.11 bits per heavy atom. The van der Waals surface area contributed by atoms with E-state index in [9.17, 15) is 4.79 Å². The molecule has 0 spiro atoms.